The predicted octanol–water partition coefficient (Wildman–Crippen LogP) is 7.04. The van der Waals surface area contributed by atoms with Crippen LogP contribution in [0, 0.1) is 30.9 Å². The smallest absolute Gasteiger partial charge is 0.225 e. The Balaban J connectivity index is 1.24. The summed E-state index contributed by atoms with van der Waals surface area (Å²) in [5.74, 6) is -1.88. The van der Waals surface area contributed by atoms with Gasteiger partial charge in [0.15, 0.2) is 11.6 Å². The van der Waals surface area contributed by atoms with Crippen molar-refractivity contribution in [3.05, 3.63) is 65.0 Å². The molecule has 1 fully saturated rings. The number of aryl methyl sites for hydroxylation is 1. The van der Waals surface area contributed by atoms with E-state index in [1.807, 2.05) is 42.8 Å². The number of carbonyl (C=O) groups is 1. The van der Waals surface area contributed by atoms with Gasteiger partial charge in [0.25, 0.3) is 0 Å². The highest BCUT2D eigenvalue weighted by Gasteiger charge is 2.54. The molecule has 2 aliphatic rings. The third-order valence-corrected chi connectivity index (χ3v) is 9.72. The van der Waals surface area contributed by atoms with Crippen LogP contribution in [0.3, 0.4) is 0 Å². The average Bonchev–Trinajstić information content (AvgIpc) is 3.59. The quantitative estimate of drug-likeness (QED) is 0.228. The van der Waals surface area contributed by atoms with Gasteiger partial charge in [0.1, 0.15) is 12.5 Å². The van der Waals surface area contributed by atoms with Crippen molar-refractivity contribution in [1.82, 2.24) is 9.78 Å². The van der Waals surface area contributed by atoms with Crippen LogP contribution in [0.15, 0.2) is 36.4 Å². The van der Waals surface area contributed by atoms with Crippen LogP contribution < -0.4 is 10.1 Å². The molecular formula is C30H37F2N3O3Si. The summed E-state index contributed by atoms with van der Waals surface area (Å²) in [6.45, 7) is 12.6. The maximum atomic E-state index is 14.1. The molecule has 0 saturated heterocycles. The van der Waals surface area contributed by atoms with Crippen molar-refractivity contribution in [3.8, 4) is 16.9 Å². The highest BCUT2D eigenvalue weighted by molar-refractivity contribution is 6.76. The topological polar surface area (TPSA) is 65.4 Å². The molecule has 208 valence electrons. The fourth-order valence-electron chi connectivity index (χ4n) is 5.46. The number of amides is 1. The van der Waals surface area contributed by atoms with Crippen molar-refractivity contribution in [2.24, 2.45) is 5.41 Å². The lowest BCUT2D eigenvalue weighted by molar-refractivity contribution is -0.117. The molecule has 1 N–H and O–H groups in total. The van der Waals surface area contributed by atoms with Crippen LogP contribution in [0.2, 0.25) is 25.7 Å². The van der Waals surface area contributed by atoms with Crippen molar-refractivity contribution >= 4 is 19.7 Å². The molecule has 3 aromatic rings. The third kappa shape index (κ3) is 5.94. The van der Waals surface area contributed by atoms with E-state index in [0.717, 1.165) is 54.1 Å². The highest BCUT2D eigenvalue weighted by Crippen LogP contribution is 2.61. The number of hydrogen-bond acceptors (Lipinski definition) is 4. The van der Waals surface area contributed by atoms with Crippen molar-refractivity contribution in [2.45, 2.75) is 71.4 Å². The summed E-state index contributed by atoms with van der Waals surface area (Å²) in [6, 6.07) is 11.1. The van der Waals surface area contributed by atoms with E-state index in [9.17, 15) is 13.6 Å². The molecule has 1 saturated carbocycles. The summed E-state index contributed by atoms with van der Waals surface area (Å²) >= 11 is 0. The lowest BCUT2D eigenvalue weighted by Gasteiger charge is -2.33. The normalized spacial score (nSPS) is 17.6. The Morgan fingerprint density at radius 2 is 1.85 bits per heavy atom. The molecule has 1 aliphatic carbocycles. The number of nitrogens with zero attached hydrogens (tertiary/aromatic N) is 2. The number of rotatable bonds is 9. The van der Waals surface area contributed by atoms with E-state index in [4.69, 9.17) is 9.47 Å². The number of nitrogens with one attached hydrogen (secondary N) is 1. The summed E-state index contributed by atoms with van der Waals surface area (Å²) in [6.07, 6.45) is 2.01. The number of ether oxygens (including phenoxy) is 2. The number of benzene rings is 2. The molecule has 39 heavy (non-hydrogen) atoms. The molecule has 1 spiro atoms. The van der Waals surface area contributed by atoms with Crippen LogP contribution in [-0.2, 0) is 16.3 Å². The third-order valence-electron chi connectivity index (χ3n) is 8.01. The van der Waals surface area contributed by atoms with Crippen LogP contribution in [0.5, 0.6) is 5.75 Å². The molecule has 1 unspecified atom stereocenters. The molecule has 1 aliphatic heterocycles. The predicted molar refractivity (Wildman–Crippen MR) is 151 cm³/mol. The lowest BCUT2D eigenvalue weighted by Crippen LogP contribution is -2.31. The summed E-state index contributed by atoms with van der Waals surface area (Å²) in [4.78, 5) is 13.1. The van der Waals surface area contributed by atoms with E-state index in [0.29, 0.717) is 30.3 Å². The van der Waals surface area contributed by atoms with Crippen molar-refractivity contribution in [2.75, 3.05) is 18.5 Å². The van der Waals surface area contributed by atoms with E-state index < -0.39 is 19.7 Å². The molecule has 1 aromatic heterocycles. The van der Waals surface area contributed by atoms with Gasteiger partial charge in [-0.25, -0.2) is 13.5 Å². The first-order valence-corrected chi connectivity index (χ1v) is 17.3. The molecule has 0 radical (unpaired) electrons. The molecule has 0 bridgehead atoms. The monoisotopic (exact) mass is 553 g/mol. The first-order chi connectivity index (χ1) is 18.5. The minimum absolute atomic E-state index is 0.160. The molecule has 1 amide bonds. The standard InChI is InChI=1S/C30H37F2N3O3Si/c1-19-29(20(2)35(34-19)18-37-12-13-39(3,4)5)21-6-8-22(9-7-21)33-28(36)15-24-23-14-25(31)26(32)16-27(23)38-17-30(24)10-11-30/h6-9,14,16,24H,10-13,15,17-18H2,1-5H3,(H,33,36). The lowest BCUT2D eigenvalue weighted by atomic mass is 9.79. The van der Waals surface area contributed by atoms with Gasteiger partial charge in [-0.2, -0.15) is 5.10 Å². The second-order valence-corrected chi connectivity index (χ2v) is 17.9. The molecule has 2 aromatic carbocycles. The van der Waals surface area contributed by atoms with Crippen molar-refractivity contribution in [1.29, 1.82) is 0 Å². The zero-order valence-corrected chi connectivity index (χ0v) is 24.4. The first kappa shape index (κ1) is 27.5. The fraction of sp³-hybridized carbons (Fsp3) is 0.467. The Morgan fingerprint density at radius 1 is 1.15 bits per heavy atom. The van der Waals surface area contributed by atoms with Crippen LogP contribution in [0.1, 0.15) is 42.1 Å². The van der Waals surface area contributed by atoms with E-state index in [-0.39, 0.29) is 23.7 Å². The Hall–Kier alpha value is -3.04. The van der Waals surface area contributed by atoms with Crippen LogP contribution in [0.4, 0.5) is 14.5 Å². The maximum absolute atomic E-state index is 14.1. The number of halogens is 2. The summed E-state index contributed by atoms with van der Waals surface area (Å²) in [5.41, 5.74) is 5.13. The van der Waals surface area contributed by atoms with Gasteiger partial charge in [-0.15, -0.1) is 0 Å². The van der Waals surface area contributed by atoms with E-state index in [1.165, 1.54) is 6.07 Å². The van der Waals surface area contributed by atoms with Gasteiger partial charge in [-0.1, -0.05) is 31.8 Å². The zero-order chi connectivity index (χ0) is 27.9. The SMILES string of the molecule is Cc1nn(COCC[Si](C)(C)C)c(C)c1-c1ccc(NC(=O)CC2c3cc(F)c(F)cc3OCC23CC3)cc1. The molecule has 5 rings (SSSR count). The van der Waals surface area contributed by atoms with E-state index in [1.54, 1.807) is 0 Å². The number of aromatic nitrogens is 2. The molecule has 2 heterocycles. The minimum Gasteiger partial charge on any atom is -0.493 e. The van der Waals surface area contributed by atoms with E-state index in [2.05, 4.69) is 30.1 Å². The van der Waals surface area contributed by atoms with Crippen LogP contribution in [-0.4, -0.2) is 37.0 Å². The molecule has 9 heteroatoms. The highest BCUT2D eigenvalue weighted by atomic mass is 28.3. The van der Waals surface area contributed by atoms with Crippen molar-refractivity contribution in [3.63, 3.8) is 0 Å². The molecule has 6 nitrogen and oxygen atoms in total. The fourth-order valence-corrected chi connectivity index (χ4v) is 6.22. The first-order valence-electron chi connectivity index (χ1n) is 13.6. The largest absolute Gasteiger partial charge is 0.493 e. The van der Waals surface area contributed by atoms with Gasteiger partial charge in [0, 0.05) is 61.0 Å². The number of anilines is 1. The summed E-state index contributed by atoms with van der Waals surface area (Å²) in [5, 5.41) is 7.66. The van der Waals surface area contributed by atoms with Gasteiger partial charge in [0.05, 0.1) is 12.3 Å². The maximum Gasteiger partial charge on any atom is 0.225 e. The van der Waals surface area contributed by atoms with Crippen LogP contribution >= 0.6 is 0 Å². The van der Waals surface area contributed by atoms with Gasteiger partial charge in [-0.3, -0.25) is 4.79 Å². The average molecular weight is 554 g/mol. The number of carbonyl (C=O) groups excluding carboxylic acids is 1. The zero-order valence-electron chi connectivity index (χ0n) is 23.4. The molecule has 1 atom stereocenters. The Morgan fingerprint density at radius 3 is 2.51 bits per heavy atom. The molecular weight excluding hydrogens is 516 g/mol. The Kier molecular flexibility index (Phi) is 7.41. The summed E-state index contributed by atoms with van der Waals surface area (Å²) in [7, 11) is -1.14. The minimum atomic E-state index is -1.14. The van der Waals surface area contributed by atoms with Crippen LogP contribution in [0.25, 0.3) is 11.1 Å². The summed E-state index contributed by atoms with van der Waals surface area (Å²) < 4.78 is 41.3. The van der Waals surface area contributed by atoms with Gasteiger partial charge >= 0.3 is 0 Å². The number of fused-ring (bicyclic) bond motifs is 1. The Labute approximate surface area is 229 Å². The van der Waals surface area contributed by atoms with Gasteiger partial charge in [-0.05, 0) is 56.5 Å². The second-order valence-electron chi connectivity index (χ2n) is 12.2. The van der Waals surface area contributed by atoms with Gasteiger partial charge < -0.3 is 14.8 Å². The number of hydrogen-bond donors (Lipinski definition) is 1. The Bertz CT molecular complexity index is 1380. The van der Waals surface area contributed by atoms with Crippen molar-refractivity contribution < 1.29 is 23.0 Å². The second kappa shape index (κ2) is 10.5. The van der Waals surface area contributed by atoms with E-state index >= 15 is 0 Å². The van der Waals surface area contributed by atoms with Gasteiger partial charge in [0.2, 0.25) is 5.91 Å².